The van der Waals surface area contributed by atoms with Gasteiger partial charge in [-0.05, 0) is 171 Å². The summed E-state index contributed by atoms with van der Waals surface area (Å²) in [6.45, 7) is 25.5. The van der Waals surface area contributed by atoms with E-state index in [-0.39, 0.29) is 23.0 Å². The zero-order valence-corrected chi connectivity index (χ0v) is 34.7. The molecule has 4 fully saturated rings. The van der Waals surface area contributed by atoms with Gasteiger partial charge < -0.3 is 10.1 Å². The number of hydrogen-bond donors (Lipinski definition) is 1. The molecule has 4 saturated carbocycles. The molecule has 0 saturated heterocycles. The van der Waals surface area contributed by atoms with E-state index in [4.69, 9.17) is 4.74 Å². The number of alkyl halides is 1. The number of nitrogens with one attached hydrogen (secondary N) is 1. The molecule has 4 heteroatoms. The lowest BCUT2D eigenvalue weighted by Crippen LogP contribution is -2.68. The largest absolute Gasteiger partial charge is 0.460 e. The summed E-state index contributed by atoms with van der Waals surface area (Å²) in [6, 6.07) is 9.72. The van der Waals surface area contributed by atoms with Crippen LogP contribution in [0.25, 0.3) is 0 Å². The molecule has 0 amide bonds. The predicted octanol–water partition coefficient (Wildman–Crippen LogP) is 12.4. The molecule has 10 atom stereocenters. The third-order valence-electron chi connectivity index (χ3n) is 17.7. The third-order valence-corrected chi connectivity index (χ3v) is 17.7. The van der Waals surface area contributed by atoms with E-state index in [9.17, 15) is 9.18 Å². The topological polar surface area (TPSA) is 38.3 Å². The molecular weight excluding hydrogens is 654 g/mol. The van der Waals surface area contributed by atoms with Crippen LogP contribution >= 0.6 is 0 Å². The van der Waals surface area contributed by atoms with Crippen molar-refractivity contribution in [2.75, 3.05) is 13.2 Å². The van der Waals surface area contributed by atoms with E-state index in [1.54, 1.807) is 0 Å². The lowest BCUT2D eigenvalue weighted by Gasteiger charge is -2.72. The van der Waals surface area contributed by atoms with E-state index in [0.717, 1.165) is 36.8 Å². The van der Waals surface area contributed by atoms with Crippen LogP contribution in [-0.2, 0) is 16.1 Å². The second kappa shape index (κ2) is 14.1. The van der Waals surface area contributed by atoms with Crippen LogP contribution in [0.15, 0.2) is 65.8 Å². The Morgan fingerprint density at radius 1 is 0.906 bits per heavy atom. The van der Waals surface area contributed by atoms with Crippen molar-refractivity contribution in [2.24, 2.45) is 62.6 Å². The van der Waals surface area contributed by atoms with Crippen molar-refractivity contribution in [1.82, 2.24) is 5.32 Å². The van der Waals surface area contributed by atoms with Gasteiger partial charge in [-0.15, -0.1) is 0 Å². The summed E-state index contributed by atoms with van der Waals surface area (Å²) in [5, 5.41) is 4.27. The zero-order chi connectivity index (χ0) is 38.0. The van der Waals surface area contributed by atoms with Gasteiger partial charge in [0.05, 0.1) is 5.41 Å². The Balaban J connectivity index is 1.12. The molecule has 3 nitrogen and oxygen atoms in total. The maximum absolute atomic E-state index is 14.7. The van der Waals surface area contributed by atoms with Gasteiger partial charge in [0.25, 0.3) is 0 Å². The molecule has 1 aromatic carbocycles. The minimum atomic E-state index is -1.07. The average Bonchev–Trinajstić information content (AvgIpc) is 3.51. The molecule has 1 aromatic rings. The number of rotatable bonds is 10. The SMILES string of the molecule is C=C(C)[C@@H]1CC[C@]2(NCCC(C)C)CC[C@]3(C)[C@H](CC[C@@H]4C5(C)CC=C(C6=CC[C@](CF)(C(=O)OCc7ccccc7)CC6)C(C)(C)[C@@H]5CC[C@]43C)[C@@H]12. The molecule has 0 heterocycles. The van der Waals surface area contributed by atoms with Crippen LogP contribution < -0.4 is 5.32 Å². The highest BCUT2D eigenvalue weighted by Gasteiger charge is 2.70. The second-order valence-electron chi connectivity index (χ2n) is 20.9. The number of allylic oxidation sites excluding steroid dienone is 5. The monoisotopic (exact) mass is 726 g/mol. The molecule has 0 radical (unpaired) electrons. The fourth-order valence-electron chi connectivity index (χ4n) is 14.6. The second-order valence-corrected chi connectivity index (χ2v) is 20.9. The number of fused-ring (bicyclic) bond motifs is 7. The average molecular weight is 726 g/mol. The van der Waals surface area contributed by atoms with Crippen molar-refractivity contribution in [2.45, 2.75) is 151 Å². The van der Waals surface area contributed by atoms with Gasteiger partial charge in [-0.2, -0.15) is 0 Å². The fraction of sp³-hybridized carbons (Fsp3) is 0.735. The van der Waals surface area contributed by atoms with Crippen LogP contribution in [-0.4, -0.2) is 24.7 Å². The Hall–Kier alpha value is -2.20. The number of carbonyl (C=O) groups is 1. The lowest BCUT2D eigenvalue weighted by molar-refractivity contribution is -0.221. The number of ether oxygens (including phenoxy) is 1. The van der Waals surface area contributed by atoms with Gasteiger partial charge in [-0.3, -0.25) is 4.79 Å². The molecular formula is C49H72FNO2. The molecule has 6 aliphatic rings. The summed E-state index contributed by atoms with van der Waals surface area (Å²) in [7, 11) is 0. The van der Waals surface area contributed by atoms with E-state index in [0.29, 0.717) is 47.3 Å². The van der Waals surface area contributed by atoms with Gasteiger partial charge in [0.1, 0.15) is 13.3 Å². The van der Waals surface area contributed by atoms with Crippen LogP contribution in [0.2, 0.25) is 0 Å². The zero-order valence-electron chi connectivity index (χ0n) is 34.7. The predicted molar refractivity (Wildman–Crippen MR) is 217 cm³/mol. The van der Waals surface area contributed by atoms with E-state index < -0.39 is 18.1 Å². The van der Waals surface area contributed by atoms with Crippen LogP contribution in [0.3, 0.4) is 0 Å². The number of benzene rings is 1. The van der Waals surface area contributed by atoms with Crippen LogP contribution in [0.4, 0.5) is 4.39 Å². The molecule has 292 valence electrons. The fourth-order valence-corrected chi connectivity index (χ4v) is 14.6. The molecule has 1 N–H and O–H groups in total. The first-order valence-corrected chi connectivity index (χ1v) is 21.6. The molecule has 0 aromatic heterocycles. The minimum Gasteiger partial charge on any atom is -0.460 e. The molecule has 0 spiro atoms. The Morgan fingerprint density at radius 3 is 2.32 bits per heavy atom. The van der Waals surface area contributed by atoms with Crippen molar-refractivity contribution in [1.29, 1.82) is 0 Å². The molecule has 53 heavy (non-hydrogen) atoms. The number of hydrogen-bond acceptors (Lipinski definition) is 3. The summed E-state index contributed by atoms with van der Waals surface area (Å²) >= 11 is 0. The molecule has 1 unspecified atom stereocenters. The smallest absolute Gasteiger partial charge is 0.315 e. The first-order chi connectivity index (χ1) is 25.1. The first kappa shape index (κ1) is 39.1. The van der Waals surface area contributed by atoms with Gasteiger partial charge >= 0.3 is 5.97 Å². The number of carbonyl (C=O) groups excluding carboxylic acids is 1. The first-order valence-electron chi connectivity index (χ1n) is 21.6. The van der Waals surface area contributed by atoms with Crippen molar-refractivity contribution in [3.05, 3.63) is 71.3 Å². The van der Waals surface area contributed by atoms with Gasteiger partial charge in [-0.1, -0.05) is 103 Å². The quantitative estimate of drug-likeness (QED) is 0.193. The highest BCUT2D eigenvalue weighted by molar-refractivity contribution is 5.78. The third kappa shape index (κ3) is 6.17. The molecule has 0 bridgehead atoms. The minimum absolute atomic E-state index is 0.0278. The van der Waals surface area contributed by atoms with E-state index >= 15 is 0 Å². The van der Waals surface area contributed by atoms with Gasteiger partial charge in [0, 0.05) is 5.54 Å². The highest BCUT2D eigenvalue weighted by Crippen LogP contribution is 2.76. The van der Waals surface area contributed by atoms with Crippen molar-refractivity contribution < 1.29 is 13.9 Å². The molecule has 7 rings (SSSR count). The van der Waals surface area contributed by atoms with Crippen molar-refractivity contribution in [3.8, 4) is 0 Å². The highest BCUT2D eigenvalue weighted by atomic mass is 19.1. The standard InChI is InChI=1S/C49H72FNO2/c1-33(2)22-30-51-49-27-19-37(34(3)4)42(49)39-15-16-41-45(7)23-20-38(44(5,6)40(45)21-24-47(41,9)46(39,8)28-29-49)36-17-25-48(32-50,26-18-36)43(52)53-31-35-13-11-10-12-14-35/h10-14,17,20,33,37,39-42,51H,3,15-16,18-19,21-32H2,1-2,4-9H3/t37-,39+,40-,41+,42+,45?,46+,47+,48-,49-/m0/s1. The summed E-state index contributed by atoms with van der Waals surface area (Å²) in [4.78, 5) is 13.3. The maximum Gasteiger partial charge on any atom is 0.315 e. The van der Waals surface area contributed by atoms with Crippen LogP contribution in [0.1, 0.15) is 144 Å². The van der Waals surface area contributed by atoms with E-state index in [1.165, 1.54) is 74.5 Å². The lowest BCUT2D eigenvalue weighted by atomic mass is 9.33. The molecule has 0 aliphatic heterocycles. The van der Waals surface area contributed by atoms with E-state index in [1.807, 2.05) is 30.3 Å². The summed E-state index contributed by atoms with van der Waals surface area (Å²) in [6.07, 6.45) is 19.5. The Kier molecular flexibility index (Phi) is 10.4. The van der Waals surface area contributed by atoms with Crippen molar-refractivity contribution in [3.63, 3.8) is 0 Å². The van der Waals surface area contributed by atoms with Crippen molar-refractivity contribution >= 4 is 5.97 Å². The Bertz CT molecular complexity index is 1610. The number of esters is 1. The Labute approximate surface area is 322 Å². The maximum atomic E-state index is 14.7. The molecule has 6 aliphatic carbocycles. The normalized spacial score (nSPS) is 41.7. The summed E-state index contributed by atoms with van der Waals surface area (Å²) < 4.78 is 20.4. The van der Waals surface area contributed by atoms with Crippen LogP contribution in [0.5, 0.6) is 0 Å². The van der Waals surface area contributed by atoms with Gasteiger partial charge in [-0.25, -0.2) is 4.39 Å². The summed E-state index contributed by atoms with van der Waals surface area (Å²) in [5.74, 6) is 3.74. The Morgan fingerprint density at radius 2 is 1.66 bits per heavy atom. The van der Waals surface area contributed by atoms with Crippen LogP contribution in [0, 0.1) is 62.6 Å². The number of halogens is 1. The van der Waals surface area contributed by atoms with E-state index in [2.05, 4.69) is 79.4 Å². The van der Waals surface area contributed by atoms with Gasteiger partial charge in [0.15, 0.2) is 0 Å². The van der Waals surface area contributed by atoms with Gasteiger partial charge in [0.2, 0.25) is 0 Å². The summed E-state index contributed by atoms with van der Waals surface area (Å²) in [5.41, 5.74) is 5.32.